The number of ether oxygens (including phenoxy) is 1. The van der Waals surface area contributed by atoms with Crippen LogP contribution in [0, 0.1) is 5.92 Å². The molecule has 3 nitrogen and oxygen atoms in total. The minimum Gasteiger partial charge on any atom is -0.383 e. The number of piperidine rings is 1. The maximum atomic E-state index is 5.40. The highest BCUT2D eigenvalue weighted by Crippen LogP contribution is 2.23. The molecule has 2 rings (SSSR count). The van der Waals surface area contributed by atoms with Crippen LogP contribution < -0.4 is 5.32 Å². The highest BCUT2D eigenvalue weighted by atomic mass is 16.5. The van der Waals surface area contributed by atoms with Gasteiger partial charge in [0.2, 0.25) is 0 Å². The summed E-state index contributed by atoms with van der Waals surface area (Å²) in [6, 6.07) is 1.39. The number of rotatable bonds is 8. The summed E-state index contributed by atoms with van der Waals surface area (Å²) in [5.41, 5.74) is 0. The zero-order chi connectivity index (χ0) is 12.8. The smallest absolute Gasteiger partial charge is 0.0630 e. The lowest BCUT2D eigenvalue weighted by molar-refractivity contribution is 0.0630. The van der Waals surface area contributed by atoms with Crippen LogP contribution in [0.3, 0.4) is 0 Å². The number of likely N-dealkylation sites (tertiary alicyclic amines) is 1. The Kier molecular flexibility index (Phi) is 5.93. The lowest BCUT2D eigenvalue weighted by Crippen LogP contribution is -2.48. The Hall–Kier alpha value is -0.120. The first-order valence-corrected chi connectivity index (χ1v) is 7.79. The topological polar surface area (TPSA) is 24.5 Å². The summed E-state index contributed by atoms with van der Waals surface area (Å²) in [6.45, 7) is 6.82. The number of nitrogens with zero attached hydrogens (tertiary/aromatic N) is 1. The molecule has 1 unspecified atom stereocenters. The molecule has 0 aromatic carbocycles. The van der Waals surface area contributed by atoms with E-state index in [9.17, 15) is 0 Å². The Morgan fingerprint density at radius 2 is 1.94 bits per heavy atom. The Morgan fingerprint density at radius 1 is 1.22 bits per heavy atom. The molecule has 0 aromatic rings. The van der Waals surface area contributed by atoms with Gasteiger partial charge in [-0.2, -0.15) is 0 Å². The standard InChI is InChI=1S/C15H30N2O/c1-3-4-13-7-9-17(10-8-13)15(12-18-2)11-16-14-5-6-14/h13-16H,3-12H2,1-2H3. The first-order valence-electron chi connectivity index (χ1n) is 7.79. The third-order valence-corrected chi connectivity index (χ3v) is 4.44. The van der Waals surface area contributed by atoms with Gasteiger partial charge in [-0.25, -0.2) is 0 Å². The minimum absolute atomic E-state index is 0.582. The van der Waals surface area contributed by atoms with Crippen molar-refractivity contribution in [1.29, 1.82) is 0 Å². The molecule has 18 heavy (non-hydrogen) atoms. The Labute approximate surface area is 112 Å². The van der Waals surface area contributed by atoms with Crippen molar-refractivity contribution < 1.29 is 4.74 Å². The summed E-state index contributed by atoms with van der Waals surface area (Å²) in [7, 11) is 1.83. The third-order valence-electron chi connectivity index (χ3n) is 4.44. The fourth-order valence-corrected chi connectivity index (χ4v) is 3.09. The van der Waals surface area contributed by atoms with Crippen molar-refractivity contribution in [3.05, 3.63) is 0 Å². The van der Waals surface area contributed by atoms with Gasteiger partial charge in [-0.15, -0.1) is 0 Å². The van der Waals surface area contributed by atoms with Crippen LogP contribution in [-0.2, 0) is 4.74 Å². The predicted molar refractivity (Wildman–Crippen MR) is 75.9 cm³/mol. The molecule has 2 aliphatic rings. The fourth-order valence-electron chi connectivity index (χ4n) is 3.09. The van der Waals surface area contributed by atoms with Crippen LogP contribution >= 0.6 is 0 Å². The summed E-state index contributed by atoms with van der Waals surface area (Å²) in [5.74, 6) is 0.978. The monoisotopic (exact) mass is 254 g/mol. The molecule has 0 bridgehead atoms. The second kappa shape index (κ2) is 7.46. The van der Waals surface area contributed by atoms with E-state index < -0.39 is 0 Å². The molecule has 1 atom stereocenters. The van der Waals surface area contributed by atoms with Gasteiger partial charge in [0.15, 0.2) is 0 Å². The first kappa shape index (κ1) is 14.3. The Balaban J connectivity index is 1.72. The summed E-state index contributed by atoms with van der Waals surface area (Å²) >= 11 is 0. The van der Waals surface area contributed by atoms with Crippen LogP contribution in [0.4, 0.5) is 0 Å². The normalized spacial score (nSPS) is 24.3. The largest absolute Gasteiger partial charge is 0.383 e. The fraction of sp³-hybridized carbons (Fsp3) is 1.00. The van der Waals surface area contributed by atoms with E-state index in [0.717, 1.165) is 25.1 Å². The predicted octanol–water partition coefficient (Wildman–Crippen LogP) is 2.27. The summed E-state index contributed by atoms with van der Waals surface area (Å²) in [5, 5.41) is 3.65. The van der Waals surface area contributed by atoms with E-state index in [1.807, 2.05) is 7.11 Å². The van der Waals surface area contributed by atoms with Crippen molar-refractivity contribution in [3.63, 3.8) is 0 Å². The van der Waals surface area contributed by atoms with Crippen molar-refractivity contribution >= 4 is 0 Å². The van der Waals surface area contributed by atoms with E-state index in [-0.39, 0.29) is 0 Å². The van der Waals surface area contributed by atoms with Crippen LogP contribution in [0.5, 0.6) is 0 Å². The zero-order valence-corrected chi connectivity index (χ0v) is 12.2. The van der Waals surface area contributed by atoms with Crippen LogP contribution in [0.1, 0.15) is 45.4 Å². The quantitative estimate of drug-likeness (QED) is 0.719. The molecule has 1 heterocycles. The zero-order valence-electron chi connectivity index (χ0n) is 12.2. The molecule has 1 N–H and O–H groups in total. The maximum Gasteiger partial charge on any atom is 0.0630 e. The molecule has 0 radical (unpaired) electrons. The van der Waals surface area contributed by atoms with E-state index >= 15 is 0 Å². The molecule has 1 aliphatic heterocycles. The number of hydrogen-bond acceptors (Lipinski definition) is 3. The minimum atomic E-state index is 0.582. The second-order valence-corrected chi connectivity index (χ2v) is 6.06. The van der Waals surface area contributed by atoms with Gasteiger partial charge in [0, 0.05) is 25.7 Å². The molecule has 0 spiro atoms. The lowest BCUT2D eigenvalue weighted by atomic mass is 9.92. The van der Waals surface area contributed by atoms with Crippen LogP contribution in [0.15, 0.2) is 0 Å². The molecule has 1 saturated carbocycles. The average Bonchev–Trinajstić information content (AvgIpc) is 3.20. The van der Waals surface area contributed by atoms with E-state index in [4.69, 9.17) is 4.74 Å². The van der Waals surface area contributed by atoms with Crippen molar-refractivity contribution in [1.82, 2.24) is 10.2 Å². The SMILES string of the molecule is CCCC1CCN(C(CNC2CC2)COC)CC1. The Morgan fingerprint density at radius 3 is 2.50 bits per heavy atom. The number of hydrogen-bond donors (Lipinski definition) is 1. The summed E-state index contributed by atoms with van der Waals surface area (Å²) in [4.78, 5) is 2.64. The van der Waals surface area contributed by atoms with Gasteiger partial charge in [0.05, 0.1) is 6.61 Å². The van der Waals surface area contributed by atoms with Gasteiger partial charge in [0.1, 0.15) is 0 Å². The third kappa shape index (κ3) is 4.52. The van der Waals surface area contributed by atoms with Gasteiger partial charge >= 0.3 is 0 Å². The molecule has 2 fully saturated rings. The summed E-state index contributed by atoms with van der Waals surface area (Å²) in [6.07, 6.45) is 8.28. The maximum absolute atomic E-state index is 5.40. The van der Waals surface area contributed by atoms with Crippen LogP contribution in [0.2, 0.25) is 0 Å². The van der Waals surface area contributed by atoms with Crippen LogP contribution in [-0.4, -0.2) is 50.3 Å². The average molecular weight is 254 g/mol. The molecule has 0 aromatic heterocycles. The van der Waals surface area contributed by atoms with Gasteiger partial charge in [-0.3, -0.25) is 4.90 Å². The molecular weight excluding hydrogens is 224 g/mol. The number of methoxy groups -OCH3 is 1. The molecule has 3 heteroatoms. The molecule has 1 saturated heterocycles. The van der Waals surface area contributed by atoms with Crippen LogP contribution in [0.25, 0.3) is 0 Å². The number of nitrogens with one attached hydrogen (secondary N) is 1. The molecule has 106 valence electrons. The van der Waals surface area contributed by atoms with Crippen molar-refractivity contribution in [2.24, 2.45) is 5.92 Å². The molecule has 1 aliphatic carbocycles. The van der Waals surface area contributed by atoms with E-state index in [0.29, 0.717) is 6.04 Å². The van der Waals surface area contributed by atoms with Crippen molar-refractivity contribution in [3.8, 4) is 0 Å². The second-order valence-electron chi connectivity index (χ2n) is 6.06. The van der Waals surface area contributed by atoms with E-state index in [1.165, 1.54) is 51.6 Å². The highest BCUT2D eigenvalue weighted by Gasteiger charge is 2.27. The molecule has 0 amide bonds. The van der Waals surface area contributed by atoms with Gasteiger partial charge < -0.3 is 10.1 Å². The van der Waals surface area contributed by atoms with Crippen molar-refractivity contribution in [2.45, 2.75) is 57.5 Å². The lowest BCUT2D eigenvalue weighted by Gasteiger charge is -2.37. The molecular formula is C15H30N2O. The van der Waals surface area contributed by atoms with E-state index in [2.05, 4.69) is 17.1 Å². The first-order chi connectivity index (χ1) is 8.83. The highest BCUT2D eigenvalue weighted by molar-refractivity contribution is 4.85. The van der Waals surface area contributed by atoms with Crippen molar-refractivity contribution in [2.75, 3.05) is 33.4 Å². The van der Waals surface area contributed by atoms with Gasteiger partial charge in [-0.05, 0) is 44.7 Å². The Bertz CT molecular complexity index is 223. The van der Waals surface area contributed by atoms with Gasteiger partial charge in [0.25, 0.3) is 0 Å². The summed E-state index contributed by atoms with van der Waals surface area (Å²) < 4.78 is 5.40. The van der Waals surface area contributed by atoms with Gasteiger partial charge in [-0.1, -0.05) is 19.8 Å². The van der Waals surface area contributed by atoms with E-state index in [1.54, 1.807) is 0 Å².